The highest BCUT2D eigenvalue weighted by molar-refractivity contribution is 6.02. The van der Waals surface area contributed by atoms with Crippen molar-refractivity contribution in [2.75, 3.05) is 6.54 Å². The van der Waals surface area contributed by atoms with E-state index in [0.29, 0.717) is 28.8 Å². The molecule has 0 saturated heterocycles. The van der Waals surface area contributed by atoms with Gasteiger partial charge in [0.15, 0.2) is 17.7 Å². The number of benzene rings is 2. The number of ketones is 2. The molecule has 0 radical (unpaired) electrons. The normalized spacial score (nSPS) is 11.9. The lowest BCUT2D eigenvalue weighted by Gasteiger charge is -2.21. The van der Waals surface area contributed by atoms with E-state index in [1.165, 1.54) is 72.6 Å². The van der Waals surface area contributed by atoms with Gasteiger partial charge in [0, 0.05) is 17.7 Å². The van der Waals surface area contributed by atoms with Gasteiger partial charge in [-0.1, -0.05) is 113 Å². The summed E-state index contributed by atoms with van der Waals surface area (Å²) in [5.74, 6) is -0.824. The lowest BCUT2D eigenvalue weighted by atomic mass is 9.92. The first-order valence-electron chi connectivity index (χ1n) is 15.0. The first-order chi connectivity index (χ1) is 19.3. The Morgan fingerprint density at radius 2 is 1.02 bits per heavy atom. The summed E-state index contributed by atoms with van der Waals surface area (Å²) in [6.45, 7) is 8.48. The van der Waals surface area contributed by atoms with Gasteiger partial charge in [-0.15, -0.1) is 0 Å². The molecule has 0 aliphatic heterocycles. The molecule has 0 spiro atoms. The summed E-state index contributed by atoms with van der Waals surface area (Å²) < 4.78 is 5.83. The van der Waals surface area contributed by atoms with Gasteiger partial charge in [-0.2, -0.15) is 0 Å². The van der Waals surface area contributed by atoms with E-state index < -0.39 is 35.0 Å². The van der Waals surface area contributed by atoms with Crippen molar-refractivity contribution >= 4 is 17.7 Å². The molecule has 1 amide bonds. The first-order valence-corrected chi connectivity index (χ1v) is 15.0. The highest BCUT2D eigenvalue weighted by atomic mass is 16.6. The molecule has 226 valence electrons. The highest BCUT2D eigenvalue weighted by Crippen LogP contribution is 2.28. The molecule has 41 heavy (non-hydrogen) atoms. The van der Waals surface area contributed by atoms with Crippen LogP contribution in [0.1, 0.15) is 137 Å². The average Bonchev–Trinajstić information content (AvgIpc) is 2.93. The van der Waals surface area contributed by atoms with Crippen molar-refractivity contribution in [3.63, 3.8) is 0 Å². The van der Waals surface area contributed by atoms with Gasteiger partial charge in [-0.05, 0) is 45.2 Å². The summed E-state index contributed by atoms with van der Waals surface area (Å²) in [5.41, 5.74) is -1.06. The van der Waals surface area contributed by atoms with Gasteiger partial charge >= 0.3 is 6.09 Å². The van der Waals surface area contributed by atoms with E-state index in [-0.39, 0.29) is 0 Å². The highest BCUT2D eigenvalue weighted by Gasteiger charge is 2.27. The lowest BCUT2D eigenvalue weighted by molar-refractivity contribution is 0.0487. The van der Waals surface area contributed by atoms with Crippen LogP contribution in [-0.4, -0.2) is 45.6 Å². The summed E-state index contributed by atoms with van der Waals surface area (Å²) >= 11 is 0. The molecule has 2 aromatic rings. The quantitative estimate of drug-likeness (QED) is 0.128. The summed E-state index contributed by atoms with van der Waals surface area (Å²) in [5, 5.41) is 23.0. The fourth-order valence-electron chi connectivity index (χ4n) is 4.61. The molecule has 0 fully saturated rings. The van der Waals surface area contributed by atoms with Crippen molar-refractivity contribution in [1.29, 1.82) is 0 Å². The van der Waals surface area contributed by atoms with Gasteiger partial charge < -0.3 is 20.3 Å². The number of unbranched alkanes of at least 4 members (excludes halogenated alkanes) is 9. The molecule has 0 unspecified atom stereocenters. The molecule has 0 heterocycles. The molecule has 7 heteroatoms. The van der Waals surface area contributed by atoms with Crippen molar-refractivity contribution in [3.05, 3.63) is 70.8 Å². The van der Waals surface area contributed by atoms with Crippen molar-refractivity contribution < 1.29 is 29.3 Å². The minimum absolute atomic E-state index is 0.344. The average molecular weight is 568 g/mol. The summed E-state index contributed by atoms with van der Waals surface area (Å²) in [4.78, 5) is 37.7. The maximum absolute atomic E-state index is 12.8. The van der Waals surface area contributed by atoms with Crippen LogP contribution >= 0.6 is 0 Å². The van der Waals surface area contributed by atoms with Crippen LogP contribution in [0.15, 0.2) is 48.5 Å². The van der Waals surface area contributed by atoms with Crippen LogP contribution in [-0.2, 0) is 4.74 Å². The number of nitrogens with one attached hydrogen (secondary N) is 1. The van der Waals surface area contributed by atoms with Gasteiger partial charge in [0.25, 0.3) is 0 Å². The second-order valence-electron chi connectivity index (χ2n) is 11.9. The topological polar surface area (TPSA) is 113 Å². The van der Waals surface area contributed by atoms with Gasteiger partial charge in [-0.3, -0.25) is 9.59 Å². The Balaban J connectivity index is 2.02. The first kappa shape index (κ1) is 34.2. The van der Waals surface area contributed by atoms with Crippen LogP contribution in [0.2, 0.25) is 0 Å². The summed E-state index contributed by atoms with van der Waals surface area (Å²) in [7, 11) is 0. The van der Waals surface area contributed by atoms with Crippen LogP contribution in [0.25, 0.3) is 0 Å². The second-order valence-corrected chi connectivity index (χ2v) is 11.9. The van der Waals surface area contributed by atoms with E-state index in [1.807, 2.05) is 0 Å². The largest absolute Gasteiger partial charge is 0.436 e. The minimum Gasteiger partial charge on any atom is -0.436 e. The molecule has 0 aromatic heterocycles. The van der Waals surface area contributed by atoms with Crippen LogP contribution in [0.5, 0.6) is 0 Å². The van der Waals surface area contributed by atoms with Crippen molar-refractivity contribution in [3.8, 4) is 0 Å². The monoisotopic (exact) mass is 567 g/mol. The number of carbonyl (C=O) groups excluding carboxylic acids is 3. The molecule has 3 N–H and O–H groups in total. The number of amides is 1. The van der Waals surface area contributed by atoms with Crippen LogP contribution in [0, 0.1) is 0 Å². The Hall–Kier alpha value is -3.03. The summed E-state index contributed by atoms with van der Waals surface area (Å²) in [6.07, 6.45) is 10.7. The predicted molar refractivity (Wildman–Crippen MR) is 162 cm³/mol. The number of aliphatic hydroxyl groups is 2. The Kier molecular flexibility index (Phi) is 13.7. The zero-order valence-corrected chi connectivity index (χ0v) is 25.5. The van der Waals surface area contributed by atoms with E-state index in [4.69, 9.17) is 4.74 Å². The molecule has 0 saturated carbocycles. The number of hydrogen-bond acceptors (Lipinski definition) is 6. The number of ether oxygens (including phenoxy) is 1. The van der Waals surface area contributed by atoms with Crippen molar-refractivity contribution in [1.82, 2.24) is 5.32 Å². The van der Waals surface area contributed by atoms with E-state index in [9.17, 15) is 24.6 Å². The second kappa shape index (κ2) is 16.4. The Labute approximate surface area is 245 Å². The number of alkyl carbamates (subject to hydrolysis) is 1. The van der Waals surface area contributed by atoms with Gasteiger partial charge in [0.05, 0.1) is 0 Å². The lowest BCUT2D eigenvalue weighted by Crippen LogP contribution is -2.31. The van der Waals surface area contributed by atoms with Crippen LogP contribution < -0.4 is 5.32 Å². The van der Waals surface area contributed by atoms with Gasteiger partial charge in [0.2, 0.25) is 0 Å². The van der Waals surface area contributed by atoms with Gasteiger partial charge in [0.1, 0.15) is 11.2 Å². The molecule has 2 rings (SSSR count). The van der Waals surface area contributed by atoms with Crippen LogP contribution in [0.3, 0.4) is 0 Å². The zero-order chi connectivity index (χ0) is 30.5. The van der Waals surface area contributed by atoms with Crippen molar-refractivity contribution in [2.24, 2.45) is 0 Å². The predicted octanol–water partition coefficient (Wildman–Crippen LogP) is 7.33. The van der Waals surface area contributed by atoms with E-state index in [1.54, 1.807) is 48.5 Å². The number of rotatable bonds is 18. The molecular weight excluding hydrogens is 518 g/mol. The Morgan fingerprint density at radius 3 is 1.39 bits per heavy atom. The molecular formula is C34H49NO6. The van der Waals surface area contributed by atoms with E-state index in [0.717, 1.165) is 19.3 Å². The third kappa shape index (κ3) is 11.8. The van der Waals surface area contributed by atoms with E-state index >= 15 is 0 Å². The van der Waals surface area contributed by atoms with Gasteiger partial charge in [-0.25, -0.2) is 4.79 Å². The molecule has 0 bridgehead atoms. The molecule has 0 aliphatic rings. The standard InChI is InChI=1S/C34H49NO6/c1-6-7-8-9-10-11-12-13-14-15-24-35-32(38)41-29(25-16-20-27(21-17-25)30(36)33(2,3)39)26-18-22-28(23-19-26)31(37)34(4,5)40/h16-23,29,39-40H,6-15,24H2,1-5H3,(H,35,38). The summed E-state index contributed by atoms with van der Waals surface area (Å²) in [6, 6.07) is 13.1. The molecule has 0 atom stereocenters. The van der Waals surface area contributed by atoms with Crippen molar-refractivity contribution in [2.45, 2.75) is 116 Å². The fraction of sp³-hybridized carbons (Fsp3) is 0.559. The maximum Gasteiger partial charge on any atom is 0.408 e. The maximum atomic E-state index is 12.8. The third-order valence-electron chi connectivity index (χ3n) is 7.09. The molecule has 2 aromatic carbocycles. The SMILES string of the molecule is CCCCCCCCCCCCNC(=O)OC(c1ccc(C(=O)C(C)(C)O)cc1)c1ccc(C(=O)C(C)(C)O)cc1. The minimum atomic E-state index is -1.51. The van der Waals surface area contributed by atoms with E-state index in [2.05, 4.69) is 12.2 Å². The Morgan fingerprint density at radius 1 is 0.659 bits per heavy atom. The number of hydrogen-bond donors (Lipinski definition) is 3. The van der Waals surface area contributed by atoms with Crippen LogP contribution in [0.4, 0.5) is 4.79 Å². The third-order valence-corrected chi connectivity index (χ3v) is 7.09. The Bertz CT molecular complexity index is 1020. The molecule has 0 aliphatic carbocycles. The zero-order valence-electron chi connectivity index (χ0n) is 25.5. The number of Topliss-reactive ketones (excluding diaryl/α,β-unsaturated/α-hetero) is 2. The fourth-order valence-corrected chi connectivity index (χ4v) is 4.61. The molecule has 7 nitrogen and oxygen atoms in total. The smallest absolute Gasteiger partial charge is 0.408 e. The number of carbonyl (C=O) groups is 3.